The Hall–Kier alpha value is -1.87. The first-order valence-corrected chi connectivity index (χ1v) is 7.64. The second-order valence-electron chi connectivity index (χ2n) is 4.69. The molecule has 0 aliphatic carbocycles. The third kappa shape index (κ3) is 5.68. The third-order valence-corrected chi connectivity index (χ3v) is 3.64. The molecular weight excluding hydrogens is 333 g/mol. The van der Waals surface area contributed by atoms with Gasteiger partial charge in [0.2, 0.25) is 11.8 Å². The summed E-state index contributed by atoms with van der Waals surface area (Å²) in [6, 6.07) is 3.73. The third-order valence-electron chi connectivity index (χ3n) is 2.79. The van der Waals surface area contributed by atoms with E-state index < -0.39 is 12.8 Å². The molecule has 2 rings (SSSR count). The summed E-state index contributed by atoms with van der Waals surface area (Å²) in [4.78, 5) is 16.9. The van der Waals surface area contributed by atoms with Gasteiger partial charge in [-0.1, -0.05) is 6.07 Å². The van der Waals surface area contributed by atoms with E-state index in [1.165, 1.54) is 11.3 Å². The van der Waals surface area contributed by atoms with Gasteiger partial charge in [0.1, 0.15) is 12.4 Å². The number of halogens is 3. The maximum atomic E-state index is 11.9. The van der Waals surface area contributed by atoms with E-state index in [9.17, 15) is 18.0 Å². The first-order chi connectivity index (χ1) is 10.8. The Morgan fingerprint density at radius 2 is 2.26 bits per heavy atom. The van der Waals surface area contributed by atoms with Gasteiger partial charge in [-0.3, -0.25) is 4.79 Å². The van der Waals surface area contributed by atoms with E-state index >= 15 is 0 Å². The van der Waals surface area contributed by atoms with Crippen molar-refractivity contribution in [2.45, 2.75) is 19.5 Å². The van der Waals surface area contributed by atoms with Crippen LogP contribution in [0.15, 0.2) is 21.9 Å². The highest BCUT2D eigenvalue weighted by molar-refractivity contribution is 7.13. The number of carbonyl (C=O) groups is 1. The molecule has 0 unspecified atom stereocenters. The fourth-order valence-electron chi connectivity index (χ4n) is 1.76. The van der Waals surface area contributed by atoms with Crippen molar-refractivity contribution < 1.29 is 27.1 Å². The van der Waals surface area contributed by atoms with Crippen LogP contribution < -0.4 is 5.32 Å². The van der Waals surface area contributed by atoms with Gasteiger partial charge in [-0.2, -0.15) is 13.2 Å². The number of ether oxygens (including phenoxy) is 1. The monoisotopic (exact) mass is 348 g/mol. The molecule has 126 valence electrons. The smallest absolute Gasteiger partial charge is 0.411 e. The molecule has 1 N–H and O–H groups in total. The van der Waals surface area contributed by atoms with Crippen LogP contribution in [0.5, 0.6) is 0 Å². The van der Waals surface area contributed by atoms with E-state index in [-0.39, 0.29) is 25.5 Å². The van der Waals surface area contributed by atoms with Crippen LogP contribution in [0.2, 0.25) is 0 Å². The molecule has 9 heteroatoms. The molecule has 0 aromatic carbocycles. The van der Waals surface area contributed by atoms with Crippen molar-refractivity contribution >= 4 is 17.2 Å². The van der Waals surface area contributed by atoms with Crippen LogP contribution in [0.3, 0.4) is 0 Å². The topological polar surface area (TPSA) is 64.4 Å². The van der Waals surface area contributed by atoms with Gasteiger partial charge in [0, 0.05) is 6.54 Å². The molecule has 0 fully saturated rings. The molecule has 0 saturated heterocycles. The number of aryl methyl sites for hydroxylation is 1. The Morgan fingerprint density at radius 1 is 1.48 bits per heavy atom. The van der Waals surface area contributed by atoms with E-state index in [1.54, 1.807) is 6.92 Å². The molecule has 1 amide bonds. The Kier molecular flexibility index (Phi) is 5.78. The first kappa shape index (κ1) is 17.5. The molecule has 0 spiro atoms. The summed E-state index contributed by atoms with van der Waals surface area (Å²) in [5.41, 5.74) is 0.502. The Morgan fingerprint density at radius 3 is 2.91 bits per heavy atom. The SMILES string of the molecule is Cc1oc(-c2cccs2)nc1CC(=O)NCCOCC(F)(F)F. The Bertz CT molecular complexity index is 638. The molecule has 0 bridgehead atoms. The zero-order valence-electron chi connectivity index (χ0n) is 12.3. The summed E-state index contributed by atoms with van der Waals surface area (Å²) in [5, 5.41) is 4.37. The van der Waals surface area contributed by atoms with Crippen LogP contribution in [-0.4, -0.2) is 36.8 Å². The second kappa shape index (κ2) is 7.60. The number of thiophene rings is 1. The molecule has 0 aliphatic rings. The van der Waals surface area contributed by atoms with Crippen LogP contribution in [0.4, 0.5) is 13.2 Å². The molecule has 0 saturated carbocycles. The van der Waals surface area contributed by atoms with Crippen LogP contribution in [0, 0.1) is 6.92 Å². The van der Waals surface area contributed by atoms with E-state index in [2.05, 4.69) is 15.0 Å². The van der Waals surface area contributed by atoms with Crippen molar-refractivity contribution in [1.29, 1.82) is 0 Å². The number of rotatable bonds is 7. The van der Waals surface area contributed by atoms with Crippen molar-refractivity contribution in [3.05, 3.63) is 29.0 Å². The number of hydrogen-bond acceptors (Lipinski definition) is 5. The second-order valence-corrected chi connectivity index (χ2v) is 5.64. The lowest BCUT2D eigenvalue weighted by Gasteiger charge is -2.08. The summed E-state index contributed by atoms with van der Waals surface area (Å²) in [5.74, 6) is 0.639. The number of nitrogens with one attached hydrogen (secondary N) is 1. The quantitative estimate of drug-likeness (QED) is 0.782. The molecule has 5 nitrogen and oxygen atoms in total. The highest BCUT2D eigenvalue weighted by Crippen LogP contribution is 2.25. The summed E-state index contributed by atoms with van der Waals surface area (Å²) < 4.78 is 45.5. The number of oxazole rings is 1. The number of hydrogen-bond donors (Lipinski definition) is 1. The minimum atomic E-state index is -4.36. The lowest BCUT2D eigenvalue weighted by Crippen LogP contribution is -2.30. The van der Waals surface area contributed by atoms with Gasteiger partial charge in [0.05, 0.1) is 23.6 Å². The highest BCUT2D eigenvalue weighted by Gasteiger charge is 2.27. The van der Waals surface area contributed by atoms with Gasteiger partial charge >= 0.3 is 6.18 Å². The fourth-order valence-corrected chi connectivity index (χ4v) is 2.41. The molecule has 0 aliphatic heterocycles. The predicted molar refractivity (Wildman–Crippen MR) is 78.1 cm³/mol. The van der Waals surface area contributed by atoms with Crippen molar-refractivity contribution in [2.75, 3.05) is 19.8 Å². The van der Waals surface area contributed by atoms with Crippen molar-refractivity contribution in [2.24, 2.45) is 0 Å². The van der Waals surface area contributed by atoms with E-state index in [4.69, 9.17) is 4.42 Å². The summed E-state index contributed by atoms with van der Waals surface area (Å²) >= 11 is 1.47. The van der Waals surface area contributed by atoms with Gasteiger partial charge < -0.3 is 14.5 Å². The first-order valence-electron chi connectivity index (χ1n) is 6.76. The maximum absolute atomic E-state index is 11.9. The normalized spacial score (nSPS) is 11.7. The lowest BCUT2D eigenvalue weighted by molar-refractivity contribution is -0.173. The van der Waals surface area contributed by atoms with Crippen molar-refractivity contribution in [1.82, 2.24) is 10.3 Å². The average Bonchev–Trinajstić information content (AvgIpc) is 3.07. The minimum Gasteiger partial charge on any atom is -0.440 e. The summed E-state index contributed by atoms with van der Waals surface area (Å²) in [7, 11) is 0. The van der Waals surface area contributed by atoms with Crippen molar-refractivity contribution in [3.8, 4) is 10.8 Å². The zero-order valence-corrected chi connectivity index (χ0v) is 13.1. The minimum absolute atomic E-state index is 0.0000204. The number of nitrogens with zero attached hydrogens (tertiary/aromatic N) is 1. The molecule has 0 atom stereocenters. The van der Waals surface area contributed by atoms with E-state index in [1.807, 2.05) is 17.5 Å². The largest absolute Gasteiger partial charge is 0.440 e. The fraction of sp³-hybridized carbons (Fsp3) is 0.429. The number of amides is 1. The average molecular weight is 348 g/mol. The van der Waals surface area contributed by atoms with Crippen LogP contribution in [0.1, 0.15) is 11.5 Å². The highest BCUT2D eigenvalue weighted by atomic mass is 32.1. The molecule has 2 aromatic heterocycles. The van der Waals surface area contributed by atoms with Gasteiger partial charge in [0.25, 0.3) is 0 Å². The maximum Gasteiger partial charge on any atom is 0.411 e. The summed E-state index contributed by atoms with van der Waals surface area (Å²) in [6.07, 6.45) is -4.36. The van der Waals surface area contributed by atoms with Gasteiger partial charge in [-0.15, -0.1) is 11.3 Å². The number of alkyl halides is 3. The molecule has 23 heavy (non-hydrogen) atoms. The zero-order chi connectivity index (χ0) is 16.9. The van der Waals surface area contributed by atoms with Gasteiger partial charge in [0.15, 0.2) is 0 Å². The van der Waals surface area contributed by atoms with Crippen LogP contribution in [-0.2, 0) is 16.0 Å². The van der Waals surface area contributed by atoms with Crippen molar-refractivity contribution in [3.63, 3.8) is 0 Å². The van der Waals surface area contributed by atoms with Gasteiger partial charge in [-0.25, -0.2) is 4.98 Å². The molecule has 2 aromatic rings. The Balaban J connectivity index is 1.77. The molecule has 2 heterocycles. The Labute approximate surface area is 134 Å². The van der Waals surface area contributed by atoms with Crippen LogP contribution in [0.25, 0.3) is 10.8 Å². The standard InChI is InChI=1S/C14H15F3N2O3S/c1-9-10(19-13(22-9)11-3-2-6-23-11)7-12(20)18-4-5-21-8-14(15,16)17/h2-3,6H,4-5,7-8H2,1H3,(H,18,20). The van der Waals surface area contributed by atoms with E-state index in [0.717, 1.165) is 4.88 Å². The summed E-state index contributed by atoms with van der Waals surface area (Å²) in [6.45, 7) is 0.182. The van der Waals surface area contributed by atoms with E-state index in [0.29, 0.717) is 17.3 Å². The molecule has 0 radical (unpaired) electrons. The van der Waals surface area contributed by atoms with Gasteiger partial charge in [-0.05, 0) is 18.4 Å². The number of aromatic nitrogens is 1. The number of carbonyl (C=O) groups excluding carboxylic acids is 1. The lowest BCUT2D eigenvalue weighted by atomic mass is 10.2. The molecular formula is C14H15F3N2O3S. The predicted octanol–water partition coefficient (Wildman–Crippen LogP) is 2.95. The van der Waals surface area contributed by atoms with Crippen LogP contribution >= 0.6 is 11.3 Å².